The number of carbonyl (C=O) groups excluding carboxylic acids is 1. The van der Waals surface area contributed by atoms with E-state index in [9.17, 15) is 17.6 Å². The quantitative estimate of drug-likeness (QED) is 0.848. The molecule has 1 aromatic rings. The third-order valence-corrected chi connectivity index (χ3v) is 5.35. The number of likely N-dealkylation sites (tertiary alicyclic amines) is 1. The third-order valence-electron chi connectivity index (χ3n) is 4.70. The first-order valence-electron chi connectivity index (χ1n) is 8.82. The number of sulfone groups is 1. The van der Waals surface area contributed by atoms with Crippen LogP contribution in [-0.2, 0) is 9.84 Å². The van der Waals surface area contributed by atoms with E-state index < -0.39 is 22.1 Å². The van der Waals surface area contributed by atoms with Crippen LogP contribution in [0.4, 0.5) is 9.18 Å². The van der Waals surface area contributed by atoms with E-state index in [-0.39, 0.29) is 18.0 Å². The van der Waals surface area contributed by atoms with Crippen molar-refractivity contribution in [1.29, 1.82) is 0 Å². The Bertz CT molecular complexity index is 734. The molecule has 144 valence electrons. The average molecular weight is 383 g/mol. The van der Waals surface area contributed by atoms with Gasteiger partial charge in [-0.15, -0.1) is 0 Å². The number of halogens is 1. The standard InChI is InChI=1S/C19H27FN2O3S/c1-14(10-12-26(3,24)25)21-19(23)22-11-9-17(15(2)20)13-18(22)16-7-5-4-6-8-16/h4-8,10,12,14-15,17-18H,9,11,13H2,1-3H3,(H,21,23)/b12-10+/t14-,15-,17+,18-/m0/s1. The SMILES string of the molecule is C[C@H](F)[C@@H]1CCN(C(=O)N[C@@H](C)/C=C/S(C)(=O)=O)[C@H](c2ccccc2)C1. The Kier molecular flexibility index (Phi) is 6.81. The summed E-state index contributed by atoms with van der Waals surface area (Å²) in [7, 11) is -3.24. The fraction of sp³-hybridized carbons (Fsp3) is 0.526. The lowest BCUT2D eigenvalue weighted by Crippen LogP contribution is -2.49. The van der Waals surface area contributed by atoms with Gasteiger partial charge in [0.15, 0.2) is 9.84 Å². The van der Waals surface area contributed by atoms with Crippen LogP contribution in [0.15, 0.2) is 41.8 Å². The summed E-state index contributed by atoms with van der Waals surface area (Å²) in [6, 6.07) is 8.73. The molecule has 2 amide bonds. The van der Waals surface area contributed by atoms with Crippen LogP contribution in [0.2, 0.25) is 0 Å². The summed E-state index contributed by atoms with van der Waals surface area (Å²) < 4.78 is 36.3. The molecule has 26 heavy (non-hydrogen) atoms. The minimum Gasteiger partial charge on any atom is -0.332 e. The first-order chi connectivity index (χ1) is 12.2. The molecule has 7 heteroatoms. The Labute approximate surface area is 155 Å². The second-order valence-corrected chi connectivity index (χ2v) is 8.91. The summed E-state index contributed by atoms with van der Waals surface area (Å²) in [5, 5.41) is 3.89. The summed E-state index contributed by atoms with van der Waals surface area (Å²) in [6.07, 6.45) is 2.82. The monoisotopic (exact) mass is 382 g/mol. The minimum atomic E-state index is -3.24. The van der Waals surface area contributed by atoms with Crippen molar-refractivity contribution in [2.75, 3.05) is 12.8 Å². The van der Waals surface area contributed by atoms with E-state index in [0.717, 1.165) is 17.2 Å². The summed E-state index contributed by atoms with van der Waals surface area (Å²) in [4.78, 5) is 14.5. The lowest BCUT2D eigenvalue weighted by Gasteiger charge is -2.40. The molecule has 4 atom stereocenters. The third kappa shape index (κ3) is 5.83. The number of rotatable bonds is 5. The molecule has 1 fully saturated rings. The zero-order valence-electron chi connectivity index (χ0n) is 15.4. The molecule has 5 nitrogen and oxygen atoms in total. The lowest BCUT2D eigenvalue weighted by atomic mass is 9.85. The van der Waals surface area contributed by atoms with Crippen molar-refractivity contribution in [2.24, 2.45) is 5.92 Å². The maximum atomic E-state index is 13.8. The number of nitrogens with zero attached hydrogens (tertiary/aromatic N) is 1. The highest BCUT2D eigenvalue weighted by molar-refractivity contribution is 7.93. The van der Waals surface area contributed by atoms with Gasteiger partial charge < -0.3 is 10.2 Å². The molecule has 0 aliphatic carbocycles. The van der Waals surface area contributed by atoms with Crippen LogP contribution in [-0.4, -0.2) is 44.4 Å². The predicted octanol–water partition coefficient (Wildman–Crippen LogP) is 3.45. The van der Waals surface area contributed by atoms with Gasteiger partial charge in [-0.2, -0.15) is 0 Å². The Morgan fingerprint density at radius 2 is 1.96 bits per heavy atom. The summed E-state index contributed by atoms with van der Waals surface area (Å²) in [5.74, 6) is -0.0770. The van der Waals surface area contributed by atoms with Gasteiger partial charge in [0.1, 0.15) is 6.17 Å². The second kappa shape index (κ2) is 8.66. The fourth-order valence-corrected chi connectivity index (χ4v) is 3.75. The molecular weight excluding hydrogens is 355 g/mol. The minimum absolute atomic E-state index is 0.0770. The first-order valence-corrected chi connectivity index (χ1v) is 10.8. The van der Waals surface area contributed by atoms with Crippen LogP contribution in [0.25, 0.3) is 0 Å². The van der Waals surface area contributed by atoms with Gasteiger partial charge in [0.2, 0.25) is 0 Å². The van der Waals surface area contributed by atoms with Crippen molar-refractivity contribution in [3.05, 3.63) is 47.4 Å². The zero-order valence-corrected chi connectivity index (χ0v) is 16.2. The van der Waals surface area contributed by atoms with Gasteiger partial charge in [0.05, 0.1) is 6.04 Å². The van der Waals surface area contributed by atoms with Crippen molar-refractivity contribution in [3.8, 4) is 0 Å². The number of hydrogen-bond acceptors (Lipinski definition) is 3. The summed E-state index contributed by atoms with van der Waals surface area (Å²) in [6.45, 7) is 3.75. The van der Waals surface area contributed by atoms with E-state index in [2.05, 4.69) is 5.32 Å². The maximum absolute atomic E-state index is 13.8. The fourth-order valence-electron chi connectivity index (χ4n) is 3.23. The number of hydrogen-bond donors (Lipinski definition) is 1. The maximum Gasteiger partial charge on any atom is 0.318 e. The van der Waals surface area contributed by atoms with Gasteiger partial charge in [-0.3, -0.25) is 0 Å². The number of benzene rings is 1. The van der Waals surface area contributed by atoms with Crippen LogP contribution >= 0.6 is 0 Å². The average Bonchev–Trinajstić information content (AvgIpc) is 2.59. The normalized spacial score (nSPS) is 23.6. The molecule has 0 aromatic heterocycles. The largest absolute Gasteiger partial charge is 0.332 e. The predicted molar refractivity (Wildman–Crippen MR) is 101 cm³/mol. The number of alkyl halides is 1. The van der Waals surface area contributed by atoms with E-state index in [1.807, 2.05) is 30.3 Å². The van der Waals surface area contributed by atoms with Crippen molar-refractivity contribution < 1.29 is 17.6 Å². The summed E-state index contributed by atoms with van der Waals surface area (Å²) in [5.41, 5.74) is 0.979. The van der Waals surface area contributed by atoms with Crippen LogP contribution in [0.5, 0.6) is 0 Å². The molecule has 1 aliphatic rings. The molecule has 2 rings (SSSR count). The van der Waals surface area contributed by atoms with Crippen LogP contribution in [0.1, 0.15) is 38.3 Å². The van der Waals surface area contributed by atoms with Crippen molar-refractivity contribution in [3.63, 3.8) is 0 Å². The number of amides is 2. The molecule has 1 heterocycles. The number of nitrogens with one attached hydrogen (secondary N) is 1. The van der Waals surface area contributed by atoms with Gasteiger partial charge in [-0.05, 0) is 38.2 Å². The molecule has 1 saturated heterocycles. The molecule has 0 unspecified atom stereocenters. The summed E-state index contributed by atoms with van der Waals surface area (Å²) >= 11 is 0. The molecule has 1 aromatic carbocycles. The molecule has 0 spiro atoms. The number of urea groups is 1. The van der Waals surface area contributed by atoms with Crippen molar-refractivity contribution >= 4 is 15.9 Å². The Morgan fingerprint density at radius 1 is 1.31 bits per heavy atom. The molecule has 0 radical (unpaired) electrons. The van der Waals surface area contributed by atoms with E-state index in [0.29, 0.717) is 19.4 Å². The van der Waals surface area contributed by atoms with Gasteiger partial charge in [0, 0.05) is 24.3 Å². The highest BCUT2D eigenvalue weighted by atomic mass is 32.2. The smallest absolute Gasteiger partial charge is 0.318 e. The molecule has 0 bridgehead atoms. The lowest BCUT2D eigenvalue weighted by molar-refractivity contribution is 0.0936. The van der Waals surface area contributed by atoms with Crippen molar-refractivity contribution in [2.45, 2.75) is 44.9 Å². The Balaban J connectivity index is 2.14. The molecule has 1 N–H and O–H groups in total. The van der Waals surface area contributed by atoms with Gasteiger partial charge in [-0.25, -0.2) is 17.6 Å². The van der Waals surface area contributed by atoms with Crippen molar-refractivity contribution in [1.82, 2.24) is 10.2 Å². The molecule has 0 saturated carbocycles. The van der Waals surface area contributed by atoms with Crippen LogP contribution < -0.4 is 5.32 Å². The van der Waals surface area contributed by atoms with Gasteiger partial charge in [-0.1, -0.05) is 36.4 Å². The first kappa shape index (κ1) is 20.4. The Morgan fingerprint density at radius 3 is 2.54 bits per heavy atom. The number of piperidine rings is 1. The van der Waals surface area contributed by atoms with E-state index in [4.69, 9.17) is 0 Å². The highest BCUT2D eigenvalue weighted by Crippen LogP contribution is 2.36. The van der Waals surface area contributed by atoms with Gasteiger partial charge in [0.25, 0.3) is 0 Å². The van der Waals surface area contributed by atoms with E-state index in [1.165, 1.54) is 6.08 Å². The molecular formula is C19H27FN2O3S. The highest BCUT2D eigenvalue weighted by Gasteiger charge is 2.35. The number of carbonyl (C=O) groups is 1. The van der Waals surface area contributed by atoms with E-state index in [1.54, 1.807) is 18.7 Å². The Hall–Kier alpha value is -1.89. The van der Waals surface area contributed by atoms with Crippen LogP contribution in [0.3, 0.4) is 0 Å². The van der Waals surface area contributed by atoms with Gasteiger partial charge >= 0.3 is 6.03 Å². The topological polar surface area (TPSA) is 66.5 Å². The second-order valence-electron chi connectivity index (χ2n) is 6.98. The van der Waals surface area contributed by atoms with Crippen LogP contribution in [0, 0.1) is 5.92 Å². The molecule has 1 aliphatic heterocycles. The van der Waals surface area contributed by atoms with E-state index >= 15 is 0 Å². The zero-order chi connectivity index (χ0) is 19.3.